The smallest absolute Gasteiger partial charge is 0.222 e. The van der Waals surface area contributed by atoms with Gasteiger partial charge in [-0.25, -0.2) is 4.98 Å². The van der Waals surface area contributed by atoms with Gasteiger partial charge in [0.1, 0.15) is 29.8 Å². The van der Waals surface area contributed by atoms with Crippen molar-refractivity contribution in [3.05, 3.63) is 54.6 Å². The van der Waals surface area contributed by atoms with Gasteiger partial charge in [0, 0.05) is 5.56 Å². The molecule has 6 heteroatoms. The van der Waals surface area contributed by atoms with Crippen LogP contribution in [0.3, 0.4) is 0 Å². The lowest BCUT2D eigenvalue weighted by Gasteiger charge is -2.12. The van der Waals surface area contributed by atoms with Gasteiger partial charge in [-0.1, -0.05) is 18.7 Å². The van der Waals surface area contributed by atoms with Crippen molar-refractivity contribution >= 4 is 11.8 Å². The van der Waals surface area contributed by atoms with Crippen LogP contribution in [-0.2, 0) is 6.42 Å². The van der Waals surface area contributed by atoms with Gasteiger partial charge in [0.25, 0.3) is 0 Å². The predicted octanol–water partition coefficient (Wildman–Crippen LogP) is 2.47. The molecule has 0 spiro atoms. The van der Waals surface area contributed by atoms with Crippen molar-refractivity contribution in [1.82, 2.24) is 9.97 Å². The summed E-state index contributed by atoms with van der Waals surface area (Å²) in [4.78, 5) is 7.97. The van der Waals surface area contributed by atoms with E-state index in [1.807, 2.05) is 18.2 Å². The molecule has 2 aromatic rings. The number of anilines is 2. The summed E-state index contributed by atoms with van der Waals surface area (Å²) in [6, 6.07) is 7.51. The number of rotatable bonds is 6. The summed E-state index contributed by atoms with van der Waals surface area (Å²) in [7, 11) is 0. The SMILES string of the molecule is C=CCOc1ccc(-c2nc(N)nc(N)c2C#N)cc1CC=C. The highest BCUT2D eigenvalue weighted by Crippen LogP contribution is 2.30. The third-order valence-electron chi connectivity index (χ3n) is 3.12. The number of nitrogen functional groups attached to an aromatic ring is 2. The van der Waals surface area contributed by atoms with Crippen LogP contribution in [0.2, 0.25) is 0 Å². The minimum atomic E-state index is 0.0220. The van der Waals surface area contributed by atoms with Crippen molar-refractivity contribution in [3.8, 4) is 23.1 Å². The van der Waals surface area contributed by atoms with Gasteiger partial charge in [0.2, 0.25) is 5.95 Å². The quantitative estimate of drug-likeness (QED) is 0.793. The molecule has 0 atom stereocenters. The maximum atomic E-state index is 9.29. The average molecular weight is 307 g/mol. The van der Waals surface area contributed by atoms with Crippen molar-refractivity contribution in [2.45, 2.75) is 6.42 Å². The fourth-order valence-corrected chi connectivity index (χ4v) is 2.15. The number of aromatic nitrogens is 2. The summed E-state index contributed by atoms with van der Waals surface area (Å²) < 4.78 is 5.62. The summed E-state index contributed by atoms with van der Waals surface area (Å²) in [6.45, 7) is 7.78. The Bertz CT molecular complexity index is 792. The molecular formula is C17H17N5O. The number of benzene rings is 1. The van der Waals surface area contributed by atoms with Gasteiger partial charge in [0.05, 0.1) is 5.69 Å². The van der Waals surface area contributed by atoms with Gasteiger partial charge in [-0.2, -0.15) is 10.2 Å². The molecule has 0 aliphatic heterocycles. The maximum Gasteiger partial charge on any atom is 0.222 e. The molecule has 2 rings (SSSR count). The van der Waals surface area contributed by atoms with E-state index in [1.54, 1.807) is 18.2 Å². The standard InChI is InChI=1S/C17H17N5O/c1-3-5-11-9-12(6-7-14(11)23-8-4-2)15-13(10-18)16(19)22-17(20)21-15/h3-4,6-7,9H,1-2,5,8H2,(H4,19,20,21,22). The zero-order chi connectivity index (χ0) is 16.8. The third-order valence-corrected chi connectivity index (χ3v) is 3.12. The second-order valence-corrected chi connectivity index (χ2v) is 4.72. The largest absolute Gasteiger partial charge is 0.489 e. The number of allylic oxidation sites excluding steroid dienone is 1. The fraction of sp³-hybridized carbons (Fsp3) is 0.118. The first-order chi connectivity index (χ1) is 11.1. The Labute approximate surface area is 134 Å². The Balaban J connectivity index is 2.57. The molecule has 0 bridgehead atoms. The highest BCUT2D eigenvalue weighted by Gasteiger charge is 2.15. The van der Waals surface area contributed by atoms with Crippen molar-refractivity contribution in [2.75, 3.05) is 18.1 Å². The lowest BCUT2D eigenvalue weighted by atomic mass is 10.0. The minimum Gasteiger partial charge on any atom is -0.489 e. The Kier molecular flexibility index (Phi) is 4.95. The monoisotopic (exact) mass is 307 g/mol. The summed E-state index contributed by atoms with van der Waals surface area (Å²) in [5, 5.41) is 9.29. The molecule has 23 heavy (non-hydrogen) atoms. The van der Waals surface area contributed by atoms with E-state index >= 15 is 0 Å². The third kappa shape index (κ3) is 3.47. The lowest BCUT2D eigenvalue weighted by Crippen LogP contribution is -2.05. The van der Waals surface area contributed by atoms with Crippen LogP contribution in [0.1, 0.15) is 11.1 Å². The Morgan fingerprint density at radius 2 is 2.00 bits per heavy atom. The predicted molar refractivity (Wildman–Crippen MR) is 90.6 cm³/mol. The number of nitrogens with two attached hydrogens (primary N) is 2. The molecule has 0 unspecified atom stereocenters. The second kappa shape index (κ2) is 7.09. The zero-order valence-corrected chi connectivity index (χ0v) is 12.6. The van der Waals surface area contributed by atoms with Crippen LogP contribution >= 0.6 is 0 Å². The van der Waals surface area contributed by atoms with E-state index < -0.39 is 0 Å². The Hall–Kier alpha value is -3.33. The Morgan fingerprint density at radius 1 is 1.22 bits per heavy atom. The molecule has 0 amide bonds. The second-order valence-electron chi connectivity index (χ2n) is 4.72. The van der Waals surface area contributed by atoms with Crippen LogP contribution in [0, 0.1) is 11.3 Å². The summed E-state index contributed by atoms with van der Waals surface area (Å²) >= 11 is 0. The molecule has 116 valence electrons. The van der Waals surface area contributed by atoms with Crippen LogP contribution in [0.15, 0.2) is 43.5 Å². The summed E-state index contributed by atoms with van der Waals surface area (Å²) in [5.41, 5.74) is 13.6. The number of ether oxygens (including phenoxy) is 1. The molecule has 0 saturated carbocycles. The van der Waals surface area contributed by atoms with Crippen LogP contribution in [0.25, 0.3) is 11.3 Å². The molecular weight excluding hydrogens is 290 g/mol. The lowest BCUT2D eigenvalue weighted by molar-refractivity contribution is 0.360. The summed E-state index contributed by atoms with van der Waals surface area (Å²) in [6.07, 6.45) is 4.05. The molecule has 0 aliphatic carbocycles. The number of hydrogen-bond acceptors (Lipinski definition) is 6. The Morgan fingerprint density at radius 3 is 2.65 bits per heavy atom. The van der Waals surface area contributed by atoms with Gasteiger partial charge in [-0.3, -0.25) is 0 Å². The van der Waals surface area contributed by atoms with Crippen molar-refractivity contribution in [3.63, 3.8) is 0 Å². The first-order valence-corrected chi connectivity index (χ1v) is 6.91. The minimum absolute atomic E-state index is 0.0220. The van der Waals surface area contributed by atoms with Gasteiger partial charge < -0.3 is 16.2 Å². The van der Waals surface area contributed by atoms with E-state index in [4.69, 9.17) is 16.2 Å². The maximum absolute atomic E-state index is 9.29. The average Bonchev–Trinajstić information content (AvgIpc) is 2.53. The van der Waals surface area contributed by atoms with Crippen LogP contribution in [0.4, 0.5) is 11.8 Å². The highest BCUT2D eigenvalue weighted by atomic mass is 16.5. The molecule has 0 aliphatic rings. The van der Waals surface area contributed by atoms with Crippen molar-refractivity contribution < 1.29 is 4.74 Å². The van der Waals surface area contributed by atoms with Crippen molar-refractivity contribution in [1.29, 1.82) is 5.26 Å². The molecule has 0 saturated heterocycles. The first-order valence-electron chi connectivity index (χ1n) is 6.91. The molecule has 0 fully saturated rings. The normalized spacial score (nSPS) is 9.87. The highest BCUT2D eigenvalue weighted by molar-refractivity contribution is 5.74. The van der Waals surface area contributed by atoms with Crippen LogP contribution < -0.4 is 16.2 Å². The number of nitrogens with zero attached hydrogens (tertiary/aromatic N) is 3. The molecule has 1 aromatic heterocycles. The van der Waals surface area contributed by atoms with E-state index in [-0.39, 0.29) is 17.3 Å². The van der Waals surface area contributed by atoms with Crippen LogP contribution in [0.5, 0.6) is 5.75 Å². The molecule has 1 heterocycles. The summed E-state index contributed by atoms with van der Waals surface area (Å²) in [5.74, 6) is 0.808. The van der Waals surface area contributed by atoms with E-state index in [0.717, 1.165) is 11.3 Å². The van der Waals surface area contributed by atoms with E-state index in [1.165, 1.54) is 0 Å². The zero-order valence-electron chi connectivity index (χ0n) is 12.6. The molecule has 6 nitrogen and oxygen atoms in total. The van der Waals surface area contributed by atoms with Crippen LogP contribution in [-0.4, -0.2) is 16.6 Å². The number of nitriles is 1. The fourth-order valence-electron chi connectivity index (χ4n) is 2.15. The van der Waals surface area contributed by atoms with Gasteiger partial charge in [0.15, 0.2) is 0 Å². The molecule has 4 N–H and O–H groups in total. The van der Waals surface area contributed by atoms with Gasteiger partial charge in [-0.15, -0.1) is 6.58 Å². The molecule has 1 aromatic carbocycles. The number of hydrogen-bond donors (Lipinski definition) is 2. The topological polar surface area (TPSA) is 111 Å². The van der Waals surface area contributed by atoms with Gasteiger partial charge in [-0.05, 0) is 30.2 Å². The van der Waals surface area contributed by atoms with E-state index in [0.29, 0.717) is 24.3 Å². The molecule has 0 radical (unpaired) electrons. The van der Waals surface area contributed by atoms with E-state index in [9.17, 15) is 5.26 Å². The van der Waals surface area contributed by atoms with Gasteiger partial charge >= 0.3 is 0 Å². The van der Waals surface area contributed by atoms with E-state index in [2.05, 4.69) is 23.1 Å². The first kappa shape index (κ1) is 16.0. The van der Waals surface area contributed by atoms with Crippen molar-refractivity contribution in [2.24, 2.45) is 0 Å².